The van der Waals surface area contributed by atoms with E-state index < -0.39 is 10.9 Å². The second-order valence-electron chi connectivity index (χ2n) is 7.43. The Balaban J connectivity index is 1.56. The molecule has 0 saturated heterocycles. The summed E-state index contributed by atoms with van der Waals surface area (Å²) in [7, 11) is 0. The molecule has 0 spiro atoms. The van der Waals surface area contributed by atoms with Gasteiger partial charge in [-0.3, -0.25) is 24.6 Å². The molecular weight excluding hydrogens is 366 g/mol. The van der Waals surface area contributed by atoms with Crippen molar-refractivity contribution in [3.8, 4) is 5.75 Å². The average Bonchev–Trinajstić information content (AvgIpc) is 3.41. The van der Waals surface area contributed by atoms with Crippen molar-refractivity contribution in [2.75, 3.05) is 19.7 Å². The molecule has 0 aliphatic heterocycles. The van der Waals surface area contributed by atoms with Crippen LogP contribution in [-0.2, 0) is 4.79 Å². The molecule has 0 bridgehead atoms. The highest BCUT2D eigenvalue weighted by molar-refractivity contribution is 5.95. The van der Waals surface area contributed by atoms with E-state index in [1.165, 1.54) is 18.2 Å². The molecule has 2 fully saturated rings. The predicted molar refractivity (Wildman–Crippen MR) is 100 cm³/mol. The summed E-state index contributed by atoms with van der Waals surface area (Å²) in [6, 6.07) is 4.26. The largest absolute Gasteiger partial charge is 0.487 e. The average molecular weight is 391 g/mol. The number of ether oxygens (including phenoxy) is 1. The summed E-state index contributed by atoms with van der Waals surface area (Å²) in [5.41, 5.74) is -0.0305. The van der Waals surface area contributed by atoms with E-state index in [4.69, 9.17) is 9.84 Å². The van der Waals surface area contributed by atoms with Gasteiger partial charge in [0.15, 0.2) is 5.75 Å². The number of hydrogen-bond acceptors (Lipinski definition) is 6. The van der Waals surface area contributed by atoms with E-state index in [1.54, 1.807) is 6.92 Å². The zero-order valence-electron chi connectivity index (χ0n) is 15.8. The lowest BCUT2D eigenvalue weighted by Crippen LogP contribution is -2.55. The zero-order valence-corrected chi connectivity index (χ0v) is 15.8. The molecule has 152 valence electrons. The van der Waals surface area contributed by atoms with Crippen molar-refractivity contribution in [1.29, 1.82) is 0 Å². The Labute approximate surface area is 162 Å². The molecule has 1 amide bonds. The number of carboxylic acid groups (broad SMARTS) is 1. The second kappa shape index (κ2) is 8.55. The van der Waals surface area contributed by atoms with Crippen molar-refractivity contribution in [3.63, 3.8) is 0 Å². The van der Waals surface area contributed by atoms with Gasteiger partial charge in [0, 0.05) is 30.3 Å². The molecule has 2 saturated carbocycles. The van der Waals surface area contributed by atoms with E-state index in [1.807, 2.05) is 4.90 Å². The molecule has 2 aliphatic rings. The molecule has 2 aliphatic carbocycles. The van der Waals surface area contributed by atoms with Gasteiger partial charge in [0.1, 0.15) is 0 Å². The Hall–Kier alpha value is -2.68. The van der Waals surface area contributed by atoms with Crippen molar-refractivity contribution >= 4 is 17.6 Å². The smallest absolute Gasteiger partial charge is 0.317 e. The number of aliphatic carboxylic acids is 1. The molecule has 0 atom stereocenters. The number of nitrogens with one attached hydrogen (secondary N) is 1. The monoisotopic (exact) mass is 391 g/mol. The number of amides is 1. The summed E-state index contributed by atoms with van der Waals surface area (Å²) < 4.78 is 5.23. The highest BCUT2D eigenvalue weighted by atomic mass is 16.6. The maximum Gasteiger partial charge on any atom is 0.317 e. The van der Waals surface area contributed by atoms with Crippen LogP contribution in [0.25, 0.3) is 0 Å². The van der Waals surface area contributed by atoms with Crippen LogP contribution in [0.3, 0.4) is 0 Å². The molecule has 1 aromatic rings. The Kier molecular flexibility index (Phi) is 6.13. The van der Waals surface area contributed by atoms with E-state index in [0.29, 0.717) is 25.4 Å². The summed E-state index contributed by atoms with van der Waals surface area (Å²) in [4.78, 5) is 36.2. The summed E-state index contributed by atoms with van der Waals surface area (Å²) in [5.74, 6) is -0.481. The highest BCUT2D eigenvalue weighted by Gasteiger charge is 2.38. The number of carbonyl (C=O) groups is 2. The summed E-state index contributed by atoms with van der Waals surface area (Å²) >= 11 is 0. The van der Waals surface area contributed by atoms with Gasteiger partial charge >= 0.3 is 11.7 Å². The lowest BCUT2D eigenvalue weighted by atomic mass is 9.85. The van der Waals surface area contributed by atoms with Gasteiger partial charge in [-0.1, -0.05) is 0 Å². The number of carboxylic acids is 1. The first kappa shape index (κ1) is 20.1. The molecule has 3 rings (SSSR count). The number of nitro groups is 1. The Bertz CT molecular complexity index is 758. The van der Waals surface area contributed by atoms with Crippen LogP contribution < -0.4 is 10.1 Å². The van der Waals surface area contributed by atoms with Crippen LogP contribution in [0.5, 0.6) is 5.75 Å². The van der Waals surface area contributed by atoms with Crippen molar-refractivity contribution in [3.05, 3.63) is 33.9 Å². The topological polar surface area (TPSA) is 122 Å². The van der Waals surface area contributed by atoms with E-state index in [9.17, 15) is 19.7 Å². The first-order valence-electron chi connectivity index (χ1n) is 9.55. The van der Waals surface area contributed by atoms with Gasteiger partial charge in [-0.25, -0.2) is 0 Å². The van der Waals surface area contributed by atoms with Crippen LogP contribution in [0.2, 0.25) is 0 Å². The predicted octanol–water partition coefficient (Wildman–Crippen LogP) is 2.05. The molecule has 28 heavy (non-hydrogen) atoms. The number of rotatable bonds is 10. The van der Waals surface area contributed by atoms with Crippen molar-refractivity contribution in [1.82, 2.24) is 10.2 Å². The van der Waals surface area contributed by atoms with E-state index in [2.05, 4.69) is 5.32 Å². The minimum atomic E-state index is -0.838. The second-order valence-corrected chi connectivity index (χ2v) is 7.43. The maximum atomic E-state index is 12.5. The Morgan fingerprint density at radius 2 is 2.07 bits per heavy atom. The van der Waals surface area contributed by atoms with Gasteiger partial charge in [-0.05, 0) is 50.7 Å². The standard InChI is InChI=1S/C19H25N3O6/c1-2-28-17-6-5-13(7-16(17)22(26)27)19(25)20-14-8-15(9-14)21(11-18(23)24)10-12-3-4-12/h5-7,12,14-15H,2-4,8-11H2,1H3,(H,20,25)(H,23,24). The van der Waals surface area contributed by atoms with Gasteiger partial charge < -0.3 is 15.2 Å². The van der Waals surface area contributed by atoms with Crippen molar-refractivity contribution in [2.24, 2.45) is 5.92 Å². The van der Waals surface area contributed by atoms with E-state index in [0.717, 1.165) is 19.4 Å². The van der Waals surface area contributed by atoms with Crippen LogP contribution in [0.4, 0.5) is 5.69 Å². The third kappa shape index (κ3) is 4.98. The molecular formula is C19H25N3O6. The van der Waals surface area contributed by atoms with E-state index >= 15 is 0 Å². The minimum Gasteiger partial charge on any atom is -0.487 e. The highest BCUT2D eigenvalue weighted by Crippen LogP contribution is 2.34. The lowest BCUT2D eigenvalue weighted by molar-refractivity contribution is -0.385. The fraction of sp³-hybridized carbons (Fsp3) is 0.579. The molecule has 0 heterocycles. The normalized spacial score (nSPS) is 21.1. The number of hydrogen-bond donors (Lipinski definition) is 2. The number of nitrogens with zero attached hydrogens (tertiary/aromatic N) is 2. The van der Waals surface area contributed by atoms with Gasteiger partial charge in [0.2, 0.25) is 0 Å². The summed E-state index contributed by atoms with van der Waals surface area (Å²) in [6.45, 7) is 2.84. The van der Waals surface area contributed by atoms with E-state index in [-0.39, 0.29) is 41.5 Å². The SMILES string of the molecule is CCOc1ccc(C(=O)NC2CC(N(CC(=O)O)CC3CC3)C2)cc1[N+](=O)[O-]. The van der Waals surface area contributed by atoms with Crippen LogP contribution in [-0.4, -0.2) is 58.6 Å². The third-order valence-electron chi connectivity index (χ3n) is 5.21. The van der Waals surface area contributed by atoms with Crippen molar-refractivity contribution < 1.29 is 24.4 Å². The third-order valence-corrected chi connectivity index (χ3v) is 5.21. The number of nitro benzene ring substituents is 1. The fourth-order valence-electron chi connectivity index (χ4n) is 3.50. The first-order chi connectivity index (χ1) is 13.4. The Morgan fingerprint density at radius 3 is 2.64 bits per heavy atom. The molecule has 9 nitrogen and oxygen atoms in total. The Morgan fingerprint density at radius 1 is 1.36 bits per heavy atom. The first-order valence-corrected chi connectivity index (χ1v) is 9.55. The molecule has 0 aromatic heterocycles. The quantitative estimate of drug-likeness (QED) is 0.462. The van der Waals surface area contributed by atoms with Gasteiger partial charge in [0.05, 0.1) is 18.1 Å². The number of carbonyl (C=O) groups excluding carboxylic acids is 1. The summed E-state index contributed by atoms with van der Waals surface area (Å²) in [6.07, 6.45) is 3.68. The molecule has 0 unspecified atom stereocenters. The molecule has 2 N–H and O–H groups in total. The van der Waals surface area contributed by atoms with Crippen LogP contribution in [0.15, 0.2) is 18.2 Å². The lowest BCUT2D eigenvalue weighted by Gasteiger charge is -2.42. The summed E-state index contributed by atoms with van der Waals surface area (Å²) in [5, 5.41) is 23.2. The van der Waals surface area contributed by atoms with Crippen LogP contribution in [0, 0.1) is 16.0 Å². The molecule has 9 heteroatoms. The maximum absolute atomic E-state index is 12.5. The van der Waals surface area contributed by atoms with Crippen molar-refractivity contribution in [2.45, 2.75) is 44.7 Å². The number of benzene rings is 1. The van der Waals surface area contributed by atoms with Crippen LogP contribution >= 0.6 is 0 Å². The molecule has 0 radical (unpaired) electrons. The van der Waals surface area contributed by atoms with Gasteiger partial charge in [-0.2, -0.15) is 0 Å². The molecule has 1 aromatic carbocycles. The van der Waals surface area contributed by atoms with Gasteiger partial charge in [0.25, 0.3) is 5.91 Å². The van der Waals surface area contributed by atoms with Crippen LogP contribution in [0.1, 0.15) is 43.0 Å². The van der Waals surface area contributed by atoms with Gasteiger partial charge in [-0.15, -0.1) is 0 Å². The zero-order chi connectivity index (χ0) is 20.3. The minimum absolute atomic E-state index is 0.0208. The fourth-order valence-corrected chi connectivity index (χ4v) is 3.50.